The molecular formula is C16H19N3O2. The van der Waals surface area contributed by atoms with Gasteiger partial charge >= 0.3 is 5.97 Å². The van der Waals surface area contributed by atoms with E-state index in [0.717, 1.165) is 36.7 Å². The molecule has 1 atom stereocenters. The molecule has 2 aliphatic carbocycles. The number of carboxylic acid groups (broad SMARTS) is 1. The second-order valence-electron chi connectivity index (χ2n) is 6.33. The number of hydrogen-bond donors (Lipinski definition) is 2. The molecule has 1 aromatic carbocycles. The van der Waals surface area contributed by atoms with Crippen molar-refractivity contribution in [3.8, 4) is 0 Å². The molecule has 5 heteroatoms. The topological polar surface area (TPSA) is 67.1 Å². The van der Waals surface area contributed by atoms with E-state index in [1.807, 2.05) is 28.8 Å². The Hall–Kier alpha value is -1.88. The molecule has 1 heterocycles. The molecule has 5 nitrogen and oxygen atoms in total. The van der Waals surface area contributed by atoms with Gasteiger partial charge in [0.1, 0.15) is 5.54 Å². The number of carbonyl (C=O) groups is 1. The Morgan fingerprint density at radius 3 is 2.76 bits per heavy atom. The van der Waals surface area contributed by atoms with E-state index in [9.17, 15) is 9.90 Å². The average Bonchev–Trinajstić information content (AvgIpc) is 3.37. The van der Waals surface area contributed by atoms with E-state index in [2.05, 4.69) is 10.3 Å². The fourth-order valence-electron chi connectivity index (χ4n) is 3.17. The van der Waals surface area contributed by atoms with Crippen LogP contribution in [0.1, 0.15) is 25.7 Å². The molecule has 0 aliphatic heterocycles. The SMILES string of the molecule is O=C(O)C(Cn1cnc2ccccc21)(NC1CC1)C1CC1. The van der Waals surface area contributed by atoms with E-state index in [1.165, 1.54) is 0 Å². The highest BCUT2D eigenvalue weighted by atomic mass is 16.4. The van der Waals surface area contributed by atoms with Crippen molar-refractivity contribution < 1.29 is 9.90 Å². The molecule has 2 aliphatic rings. The van der Waals surface area contributed by atoms with Crippen molar-refractivity contribution in [1.82, 2.24) is 14.9 Å². The maximum Gasteiger partial charge on any atom is 0.326 e. The Balaban J connectivity index is 1.71. The number of hydrogen-bond acceptors (Lipinski definition) is 3. The molecule has 0 amide bonds. The van der Waals surface area contributed by atoms with E-state index in [1.54, 1.807) is 6.33 Å². The van der Waals surface area contributed by atoms with E-state index in [-0.39, 0.29) is 5.92 Å². The van der Waals surface area contributed by atoms with Gasteiger partial charge < -0.3 is 9.67 Å². The van der Waals surface area contributed by atoms with Crippen molar-refractivity contribution in [3.63, 3.8) is 0 Å². The largest absolute Gasteiger partial charge is 0.480 e. The number of rotatable bonds is 6. The lowest BCUT2D eigenvalue weighted by molar-refractivity contribution is -0.146. The number of imidazole rings is 1. The number of aliphatic carboxylic acids is 1. The van der Waals surface area contributed by atoms with Gasteiger partial charge in [-0.1, -0.05) is 12.1 Å². The van der Waals surface area contributed by atoms with Gasteiger partial charge in [-0.25, -0.2) is 4.98 Å². The molecule has 1 aromatic heterocycles. The minimum Gasteiger partial charge on any atom is -0.480 e. The molecule has 0 saturated heterocycles. The molecule has 0 bridgehead atoms. The summed E-state index contributed by atoms with van der Waals surface area (Å²) in [7, 11) is 0. The maximum absolute atomic E-state index is 12.0. The highest BCUT2D eigenvalue weighted by molar-refractivity contribution is 5.81. The molecule has 0 spiro atoms. The lowest BCUT2D eigenvalue weighted by Crippen LogP contribution is -2.57. The van der Waals surface area contributed by atoms with Crippen molar-refractivity contribution >= 4 is 17.0 Å². The summed E-state index contributed by atoms with van der Waals surface area (Å²) in [5.41, 5.74) is 1.07. The number of benzene rings is 1. The number of nitrogens with zero attached hydrogens (tertiary/aromatic N) is 2. The summed E-state index contributed by atoms with van der Waals surface area (Å²) in [6.07, 6.45) is 5.94. The predicted octanol–water partition coefficient (Wildman–Crippen LogP) is 2.02. The first-order chi connectivity index (χ1) is 10.2. The zero-order valence-corrected chi connectivity index (χ0v) is 11.8. The van der Waals surface area contributed by atoms with Crippen molar-refractivity contribution in [2.75, 3.05) is 0 Å². The van der Waals surface area contributed by atoms with Crippen LogP contribution in [0.4, 0.5) is 0 Å². The van der Waals surface area contributed by atoms with Crippen LogP contribution in [0.15, 0.2) is 30.6 Å². The third kappa shape index (κ3) is 2.21. The minimum absolute atomic E-state index is 0.233. The summed E-state index contributed by atoms with van der Waals surface area (Å²) in [4.78, 5) is 16.4. The molecule has 2 N–H and O–H groups in total. The van der Waals surface area contributed by atoms with Crippen molar-refractivity contribution in [1.29, 1.82) is 0 Å². The van der Waals surface area contributed by atoms with Crippen LogP contribution in [0.2, 0.25) is 0 Å². The first-order valence-electron chi connectivity index (χ1n) is 7.60. The highest BCUT2D eigenvalue weighted by Crippen LogP contribution is 2.43. The molecule has 1 unspecified atom stereocenters. The van der Waals surface area contributed by atoms with Crippen LogP contribution in [0.25, 0.3) is 11.0 Å². The highest BCUT2D eigenvalue weighted by Gasteiger charge is 2.53. The van der Waals surface area contributed by atoms with Crippen LogP contribution in [0, 0.1) is 5.92 Å². The average molecular weight is 285 g/mol. The molecular weight excluding hydrogens is 266 g/mol. The monoisotopic (exact) mass is 285 g/mol. The third-order valence-corrected chi connectivity index (χ3v) is 4.64. The number of nitrogens with one attached hydrogen (secondary N) is 1. The normalized spacial score (nSPS) is 21.3. The standard InChI is InChI=1S/C16H19N3O2/c20-15(21)16(11-5-6-11,18-12-7-8-12)9-19-10-17-13-3-1-2-4-14(13)19/h1-4,10-12,18H,5-9H2,(H,20,21). The van der Waals surface area contributed by atoms with Crippen LogP contribution in [-0.2, 0) is 11.3 Å². The van der Waals surface area contributed by atoms with E-state index < -0.39 is 11.5 Å². The van der Waals surface area contributed by atoms with Crippen LogP contribution < -0.4 is 5.32 Å². The number of para-hydroxylation sites is 2. The van der Waals surface area contributed by atoms with Gasteiger partial charge in [-0.2, -0.15) is 0 Å². The van der Waals surface area contributed by atoms with Gasteiger partial charge in [-0.3, -0.25) is 10.1 Å². The summed E-state index contributed by atoms with van der Waals surface area (Å²) in [6, 6.07) is 8.25. The van der Waals surface area contributed by atoms with E-state index >= 15 is 0 Å². The van der Waals surface area contributed by atoms with Crippen LogP contribution >= 0.6 is 0 Å². The fourth-order valence-corrected chi connectivity index (χ4v) is 3.17. The van der Waals surface area contributed by atoms with Gasteiger partial charge in [0.2, 0.25) is 0 Å². The minimum atomic E-state index is -0.843. The molecule has 21 heavy (non-hydrogen) atoms. The van der Waals surface area contributed by atoms with Crippen molar-refractivity contribution in [3.05, 3.63) is 30.6 Å². The van der Waals surface area contributed by atoms with Gasteiger partial charge in [0.05, 0.1) is 23.9 Å². The lowest BCUT2D eigenvalue weighted by atomic mass is 9.92. The summed E-state index contributed by atoms with van der Waals surface area (Å²) in [5.74, 6) is -0.494. The molecule has 2 fully saturated rings. The number of fused-ring (bicyclic) bond motifs is 1. The van der Waals surface area contributed by atoms with Gasteiger partial charge in [0.15, 0.2) is 0 Å². The Morgan fingerprint density at radius 2 is 2.10 bits per heavy atom. The summed E-state index contributed by atoms with van der Waals surface area (Å²) in [5, 5.41) is 13.3. The number of aromatic nitrogens is 2. The van der Waals surface area contributed by atoms with E-state index in [0.29, 0.717) is 12.6 Å². The van der Waals surface area contributed by atoms with Gasteiger partial charge in [-0.15, -0.1) is 0 Å². The quantitative estimate of drug-likeness (QED) is 0.852. The molecule has 110 valence electrons. The smallest absolute Gasteiger partial charge is 0.326 e. The zero-order valence-electron chi connectivity index (χ0n) is 11.8. The summed E-state index contributed by atoms with van der Waals surface area (Å²) >= 11 is 0. The van der Waals surface area contributed by atoms with E-state index in [4.69, 9.17) is 0 Å². The summed E-state index contributed by atoms with van der Waals surface area (Å²) < 4.78 is 1.98. The lowest BCUT2D eigenvalue weighted by Gasteiger charge is -2.31. The van der Waals surface area contributed by atoms with Gasteiger partial charge in [0, 0.05) is 6.04 Å². The first kappa shape index (κ1) is 12.8. The zero-order chi connectivity index (χ0) is 14.4. The summed E-state index contributed by atoms with van der Waals surface area (Å²) in [6.45, 7) is 0.448. The van der Waals surface area contributed by atoms with Gasteiger partial charge in [-0.05, 0) is 43.7 Å². The van der Waals surface area contributed by atoms with Gasteiger partial charge in [0.25, 0.3) is 0 Å². The Morgan fingerprint density at radius 1 is 1.33 bits per heavy atom. The predicted molar refractivity (Wildman–Crippen MR) is 79.0 cm³/mol. The van der Waals surface area contributed by atoms with Crippen LogP contribution in [-0.4, -0.2) is 32.2 Å². The first-order valence-corrected chi connectivity index (χ1v) is 7.60. The van der Waals surface area contributed by atoms with Crippen LogP contribution in [0.5, 0.6) is 0 Å². The Kier molecular flexibility index (Phi) is 2.79. The molecule has 2 saturated carbocycles. The third-order valence-electron chi connectivity index (χ3n) is 4.64. The number of carboxylic acids is 1. The van der Waals surface area contributed by atoms with Crippen molar-refractivity contribution in [2.45, 2.75) is 43.8 Å². The second kappa shape index (κ2) is 4.56. The van der Waals surface area contributed by atoms with Crippen LogP contribution in [0.3, 0.4) is 0 Å². The Bertz CT molecular complexity index is 688. The molecule has 4 rings (SSSR count). The maximum atomic E-state index is 12.0. The Labute approximate surface area is 123 Å². The molecule has 2 aromatic rings. The fraction of sp³-hybridized carbons (Fsp3) is 0.500. The molecule has 0 radical (unpaired) electrons. The second-order valence-corrected chi connectivity index (χ2v) is 6.33. The van der Waals surface area contributed by atoms with Crippen molar-refractivity contribution in [2.24, 2.45) is 5.92 Å².